The molecule has 0 atom stereocenters. The van der Waals surface area contributed by atoms with Gasteiger partial charge in [-0.1, -0.05) is 12.1 Å². The maximum Gasteiger partial charge on any atom is 0.461 e. The summed E-state index contributed by atoms with van der Waals surface area (Å²) in [6.45, 7) is 5.66. The Kier molecular flexibility index (Phi) is 2.49. The number of fused-ring (bicyclic) bond motifs is 1. The summed E-state index contributed by atoms with van der Waals surface area (Å²) in [5, 5.41) is 30.2. The summed E-state index contributed by atoms with van der Waals surface area (Å²) in [6.07, 6.45) is 0. The number of benzene rings is 1. The average molecular weight is 234 g/mol. The number of anilines is 1. The van der Waals surface area contributed by atoms with Gasteiger partial charge in [0.25, 0.3) is 5.52 Å². The lowest BCUT2D eigenvalue weighted by atomic mass is 10.1. The summed E-state index contributed by atoms with van der Waals surface area (Å²) in [6, 6.07) is 6.55. The number of hydrogen-bond acceptors (Lipinski definition) is 4. The Labute approximate surface area is 98.7 Å². The lowest BCUT2D eigenvalue weighted by Crippen LogP contribution is -2.46. The lowest BCUT2D eigenvalue weighted by molar-refractivity contribution is -0.672. The molecule has 90 valence electrons. The smallest absolute Gasteiger partial charge is 0.461 e. The molecule has 1 N–H and O–H groups in total. The summed E-state index contributed by atoms with van der Waals surface area (Å²) in [4.78, 5) is 0.456. The van der Waals surface area contributed by atoms with Crippen molar-refractivity contribution in [1.82, 2.24) is 5.10 Å². The van der Waals surface area contributed by atoms with Gasteiger partial charge < -0.3 is 10.4 Å². The SMILES string of the molecule is CC(C)(C)Nc1n[n+]([O-])c2ccccc2[n+]1[O-]. The molecule has 1 heterocycles. The van der Waals surface area contributed by atoms with Gasteiger partial charge in [-0.15, -0.1) is 0 Å². The van der Waals surface area contributed by atoms with Crippen LogP contribution in [-0.4, -0.2) is 10.6 Å². The maximum atomic E-state index is 12.0. The molecule has 6 heteroatoms. The van der Waals surface area contributed by atoms with Gasteiger partial charge in [0.05, 0.1) is 5.54 Å². The zero-order valence-corrected chi connectivity index (χ0v) is 9.97. The first kappa shape index (κ1) is 11.4. The summed E-state index contributed by atoms with van der Waals surface area (Å²) in [5.41, 5.74) is 0.209. The van der Waals surface area contributed by atoms with Crippen LogP contribution in [0.1, 0.15) is 20.8 Å². The van der Waals surface area contributed by atoms with Crippen molar-refractivity contribution in [3.05, 3.63) is 34.7 Å². The van der Waals surface area contributed by atoms with Crippen LogP contribution < -0.4 is 14.9 Å². The van der Waals surface area contributed by atoms with Crippen LogP contribution in [0, 0.1) is 10.4 Å². The Morgan fingerprint density at radius 1 is 1.12 bits per heavy atom. The molecule has 0 unspecified atom stereocenters. The van der Waals surface area contributed by atoms with Crippen LogP contribution in [0.4, 0.5) is 5.95 Å². The number of aromatic nitrogens is 3. The molecule has 2 aromatic rings. The highest BCUT2D eigenvalue weighted by molar-refractivity contribution is 5.67. The van der Waals surface area contributed by atoms with Gasteiger partial charge in [-0.3, -0.25) is 5.32 Å². The van der Waals surface area contributed by atoms with Crippen molar-refractivity contribution in [3.8, 4) is 0 Å². The van der Waals surface area contributed by atoms with Gasteiger partial charge in [0.15, 0.2) is 5.52 Å². The van der Waals surface area contributed by atoms with Crippen molar-refractivity contribution in [1.29, 1.82) is 0 Å². The molecule has 0 spiro atoms. The van der Waals surface area contributed by atoms with Crippen LogP contribution >= 0.6 is 0 Å². The first-order valence-corrected chi connectivity index (χ1v) is 5.29. The summed E-state index contributed by atoms with van der Waals surface area (Å²) in [5.74, 6) is 0.00574. The Morgan fingerprint density at radius 3 is 2.29 bits per heavy atom. The molecule has 0 saturated carbocycles. The van der Waals surface area contributed by atoms with Crippen LogP contribution in [0.25, 0.3) is 11.0 Å². The van der Waals surface area contributed by atoms with Crippen LogP contribution in [0.5, 0.6) is 0 Å². The number of hydrogen-bond donors (Lipinski definition) is 1. The molecular weight excluding hydrogens is 220 g/mol. The Bertz CT molecular complexity index is 563. The Morgan fingerprint density at radius 2 is 1.71 bits per heavy atom. The van der Waals surface area contributed by atoms with Crippen LogP contribution in [0.2, 0.25) is 0 Å². The molecule has 0 radical (unpaired) electrons. The molecule has 0 aliphatic carbocycles. The standard InChI is InChI=1S/C11H14N4O2/c1-11(2,3)12-10-13-15(17)9-7-5-4-6-8(9)14(10)16/h4-7H,1-3H3,(H,12,13). The minimum Gasteiger partial charge on any atom is -0.739 e. The van der Waals surface area contributed by atoms with Crippen LogP contribution in [0.3, 0.4) is 0 Å². The van der Waals surface area contributed by atoms with E-state index >= 15 is 0 Å². The van der Waals surface area contributed by atoms with Crippen molar-refractivity contribution in [2.24, 2.45) is 0 Å². The number of nitrogens with zero attached hydrogens (tertiary/aromatic N) is 3. The predicted octanol–water partition coefficient (Wildman–Crippen LogP) is 0.712. The van der Waals surface area contributed by atoms with Gasteiger partial charge in [0.1, 0.15) is 0 Å². The topological polar surface area (TPSA) is 78.8 Å². The molecule has 2 rings (SSSR count). The van der Waals surface area contributed by atoms with Crippen molar-refractivity contribution in [2.45, 2.75) is 26.3 Å². The Hall–Kier alpha value is -2.11. The van der Waals surface area contributed by atoms with Gasteiger partial charge in [-0.25, -0.2) is 4.73 Å². The highest BCUT2D eigenvalue weighted by Gasteiger charge is 2.24. The van der Waals surface area contributed by atoms with Gasteiger partial charge in [-0.2, -0.15) is 0 Å². The quantitative estimate of drug-likeness (QED) is 0.582. The van der Waals surface area contributed by atoms with Gasteiger partial charge in [0.2, 0.25) is 5.10 Å². The highest BCUT2D eigenvalue weighted by Crippen LogP contribution is 2.10. The minimum absolute atomic E-state index is 0.00574. The third-order valence-corrected chi connectivity index (χ3v) is 2.17. The van der Waals surface area contributed by atoms with Crippen LogP contribution in [0.15, 0.2) is 24.3 Å². The van der Waals surface area contributed by atoms with Crippen molar-refractivity contribution in [3.63, 3.8) is 0 Å². The number of rotatable bonds is 1. The molecule has 1 aromatic heterocycles. The minimum atomic E-state index is -0.339. The fraction of sp³-hybridized carbons (Fsp3) is 0.364. The first-order chi connectivity index (χ1) is 7.88. The monoisotopic (exact) mass is 234 g/mol. The van der Waals surface area contributed by atoms with Crippen LogP contribution in [-0.2, 0) is 0 Å². The van der Waals surface area contributed by atoms with E-state index in [1.807, 2.05) is 20.8 Å². The molecule has 0 saturated heterocycles. The van der Waals surface area contributed by atoms with E-state index in [9.17, 15) is 10.4 Å². The van der Waals surface area contributed by atoms with E-state index in [-0.39, 0.29) is 17.0 Å². The van der Waals surface area contributed by atoms with E-state index < -0.39 is 0 Å². The van der Waals surface area contributed by atoms with E-state index in [0.29, 0.717) is 15.1 Å². The largest absolute Gasteiger partial charge is 0.739 e. The Balaban J connectivity index is 2.63. The summed E-state index contributed by atoms with van der Waals surface area (Å²) < 4.78 is 0.634. The second kappa shape index (κ2) is 3.73. The fourth-order valence-electron chi connectivity index (χ4n) is 1.50. The molecule has 0 aliphatic heterocycles. The predicted molar refractivity (Wildman–Crippen MR) is 63.0 cm³/mol. The molecule has 1 aromatic carbocycles. The summed E-state index contributed by atoms with van der Waals surface area (Å²) in [7, 11) is 0. The molecule has 17 heavy (non-hydrogen) atoms. The second-order valence-electron chi connectivity index (χ2n) is 4.85. The van der Waals surface area contributed by atoms with E-state index in [4.69, 9.17) is 0 Å². The third kappa shape index (κ3) is 2.20. The van der Waals surface area contributed by atoms with Gasteiger partial charge in [-0.05, 0) is 26.8 Å². The van der Waals surface area contributed by atoms with Gasteiger partial charge >= 0.3 is 5.95 Å². The zero-order chi connectivity index (χ0) is 12.6. The van der Waals surface area contributed by atoms with Gasteiger partial charge in [0, 0.05) is 10.9 Å². The molecule has 6 nitrogen and oxygen atoms in total. The molecule has 0 fully saturated rings. The first-order valence-electron chi connectivity index (χ1n) is 5.29. The molecular formula is C11H14N4O2. The molecule has 0 aliphatic rings. The normalized spacial score (nSPS) is 11.7. The number of para-hydroxylation sites is 2. The fourth-order valence-corrected chi connectivity index (χ4v) is 1.50. The summed E-state index contributed by atoms with van der Waals surface area (Å²) >= 11 is 0. The lowest BCUT2D eigenvalue weighted by Gasteiger charge is -2.17. The molecule has 0 amide bonds. The third-order valence-electron chi connectivity index (χ3n) is 2.17. The number of nitrogens with one attached hydrogen (secondary N) is 1. The highest BCUT2D eigenvalue weighted by atomic mass is 16.5. The second-order valence-corrected chi connectivity index (χ2v) is 4.85. The van der Waals surface area contributed by atoms with E-state index in [1.165, 1.54) is 0 Å². The zero-order valence-electron chi connectivity index (χ0n) is 9.97. The van der Waals surface area contributed by atoms with E-state index in [1.54, 1.807) is 24.3 Å². The van der Waals surface area contributed by atoms with E-state index in [0.717, 1.165) is 0 Å². The molecule has 0 bridgehead atoms. The maximum absolute atomic E-state index is 12.0. The van der Waals surface area contributed by atoms with Crippen molar-refractivity contribution in [2.75, 3.05) is 5.32 Å². The van der Waals surface area contributed by atoms with Crippen molar-refractivity contribution >= 4 is 17.0 Å². The average Bonchev–Trinajstić information content (AvgIpc) is 2.24. The van der Waals surface area contributed by atoms with E-state index in [2.05, 4.69) is 10.4 Å². The van der Waals surface area contributed by atoms with Crippen molar-refractivity contribution < 1.29 is 9.58 Å².